The van der Waals surface area contributed by atoms with Crippen molar-refractivity contribution in [1.82, 2.24) is 15.6 Å². The number of alkyl carbamates (subject to hydrolysis) is 1. The number of thiazole rings is 1. The Labute approximate surface area is 238 Å². The Morgan fingerprint density at radius 3 is 2.12 bits per heavy atom. The zero-order valence-electron chi connectivity index (χ0n) is 23.4. The van der Waals surface area contributed by atoms with Crippen LogP contribution in [-0.2, 0) is 28.5 Å². The molecule has 0 spiro atoms. The average molecular weight is 578 g/mol. The molecule has 2 rings (SSSR count). The van der Waals surface area contributed by atoms with Gasteiger partial charge < -0.3 is 34.9 Å². The van der Waals surface area contributed by atoms with Gasteiger partial charge in [0.05, 0.1) is 36.6 Å². The molecule has 1 aromatic carbocycles. The molecule has 0 aliphatic rings. The second kappa shape index (κ2) is 18.1. The van der Waals surface area contributed by atoms with Gasteiger partial charge in [-0.3, -0.25) is 9.59 Å². The lowest BCUT2D eigenvalue weighted by atomic mass is 10.2. The van der Waals surface area contributed by atoms with Gasteiger partial charge in [0.2, 0.25) is 11.8 Å². The van der Waals surface area contributed by atoms with Crippen molar-refractivity contribution in [3.05, 3.63) is 23.2 Å². The number of hydrogen-bond donors (Lipinski definition) is 3. The maximum absolute atomic E-state index is 12.2. The van der Waals surface area contributed by atoms with E-state index in [4.69, 9.17) is 24.2 Å². The summed E-state index contributed by atoms with van der Waals surface area (Å²) in [6, 6.07) is 7.24. The van der Waals surface area contributed by atoms with E-state index in [-0.39, 0.29) is 24.7 Å². The van der Waals surface area contributed by atoms with Crippen LogP contribution in [0.4, 0.5) is 10.5 Å². The molecule has 0 aliphatic carbocycles. The van der Waals surface area contributed by atoms with E-state index in [1.54, 1.807) is 18.2 Å². The van der Waals surface area contributed by atoms with Crippen molar-refractivity contribution in [1.29, 1.82) is 5.26 Å². The van der Waals surface area contributed by atoms with Crippen molar-refractivity contribution in [2.45, 2.75) is 52.1 Å². The monoisotopic (exact) mass is 577 g/mol. The van der Waals surface area contributed by atoms with Crippen molar-refractivity contribution in [3.8, 4) is 6.07 Å². The smallest absolute Gasteiger partial charge is 0.407 e. The van der Waals surface area contributed by atoms with Crippen LogP contribution in [0.2, 0.25) is 0 Å². The normalized spacial score (nSPS) is 11.2. The van der Waals surface area contributed by atoms with Crippen molar-refractivity contribution in [3.63, 3.8) is 0 Å². The highest BCUT2D eigenvalue weighted by molar-refractivity contribution is 7.19. The Kier molecular flexibility index (Phi) is 14.9. The number of nitrogens with one attached hydrogen (secondary N) is 3. The van der Waals surface area contributed by atoms with Crippen LogP contribution in [-0.4, -0.2) is 81.2 Å². The number of nitriles is 1. The fourth-order valence-corrected chi connectivity index (χ4v) is 4.01. The third-order valence-electron chi connectivity index (χ3n) is 5.01. The standard InChI is InChI=1S/C27H39N5O7S/c1-27(2,3)39-26(35)30-11-5-13-37-15-17-38-16-14-36-12-4-10-29-23(33)8-9-24(34)31-20-6-7-21-22(18-20)40-25(19-28)32-21/h6-7,18H,4-5,8-17H2,1-3H3,(H,29,33)(H,30,35)(H,31,34). The van der Waals surface area contributed by atoms with Crippen LogP contribution in [0.15, 0.2) is 18.2 Å². The number of fused-ring (bicyclic) bond motifs is 1. The summed E-state index contributed by atoms with van der Waals surface area (Å²) in [5, 5.41) is 17.5. The van der Waals surface area contributed by atoms with Gasteiger partial charge in [0.15, 0.2) is 5.01 Å². The van der Waals surface area contributed by atoms with Gasteiger partial charge in [-0.25, -0.2) is 9.78 Å². The summed E-state index contributed by atoms with van der Waals surface area (Å²) in [4.78, 5) is 39.8. The Bertz CT molecular complexity index is 1130. The molecule has 1 aromatic heterocycles. The van der Waals surface area contributed by atoms with Crippen LogP contribution in [0, 0.1) is 11.3 Å². The van der Waals surface area contributed by atoms with Gasteiger partial charge in [-0.1, -0.05) is 0 Å². The molecule has 12 nitrogen and oxygen atoms in total. The second-order valence-electron chi connectivity index (χ2n) is 9.68. The second-order valence-corrected chi connectivity index (χ2v) is 10.7. The highest BCUT2D eigenvalue weighted by atomic mass is 32.1. The highest BCUT2D eigenvalue weighted by Gasteiger charge is 2.15. The zero-order chi connectivity index (χ0) is 29.2. The van der Waals surface area contributed by atoms with Gasteiger partial charge in [-0.05, 0) is 51.8 Å². The van der Waals surface area contributed by atoms with E-state index in [1.807, 2.05) is 26.8 Å². The Morgan fingerprint density at radius 2 is 1.50 bits per heavy atom. The zero-order valence-corrected chi connectivity index (χ0v) is 24.2. The molecule has 2 aromatic rings. The first kappa shape index (κ1) is 32.9. The van der Waals surface area contributed by atoms with E-state index in [9.17, 15) is 14.4 Å². The summed E-state index contributed by atoms with van der Waals surface area (Å²) in [5.74, 6) is -0.459. The minimum Gasteiger partial charge on any atom is -0.444 e. The number of hydrogen-bond acceptors (Lipinski definition) is 10. The van der Waals surface area contributed by atoms with E-state index >= 15 is 0 Å². The minimum absolute atomic E-state index is 0.0660. The number of benzene rings is 1. The number of ether oxygens (including phenoxy) is 4. The number of carbonyl (C=O) groups is 3. The molecule has 0 unspecified atom stereocenters. The molecule has 13 heteroatoms. The first-order valence-corrected chi connectivity index (χ1v) is 14.1. The molecule has 0 saturated heterocycles. The molecular weight excluding hydrogens is 538 g/mol. The van der Waals surface area contributed by atoms with Crippen LogP contribution in [0.3, 0.4) is 0 Å². The third-order valence-corrected chi connectivity index (χ3v) is 5.94. The lowest BCUT2D eigenvalue weighted by Gasteiger charge is -2.19. The van der Waals surface area contributed by atoms with Gasteiger partial charge >= 0.3 is 6.09 Å². The van der Waals surface area contributed by atoms with Crippen LogP contribution >= 0.6 is 11.3 Å². The van der Waals surface area contributed by atoms with Crippen LogP contribution < -0.4 is 16.0 Å². The van der Waals surface area contributed by atoms with E-state index in [1.165, 1.54) is 11.3 Å². The molecule has 1 heterocycles. The quantitative estimate of drug-likeness (QED) is 0.226. The van der Waals surface area contributed by atoms with Crippen molar-refractivity contribution in [2.24, 2.45) is 0 Å². The highest BCUT2D eigenvalue weighted by Crippen LogP contribution is 2.25. The molecule has 3 amide bonds. The summed E-state index contributed by atoms with van der Waals surface area (Å²) in [5.41, 5.74) is 0.801. The van der Waals surface area contributed by atoms with Crippen LogP contribution in [0.1, 0.15) is 51.5 Å². The Balaban J connectivity index is 1.37. The van der Waals surface area contributed by atoms with Crippen LogP contribution in [0.25, 0.3) is 10.2 Å². The topological polar surface area (TPSA) is 161 Å². The van der Waals surface area contributed by atoms with Gasteiger partial charge in [-0.15, -0.1) is 11.3 Å². The predicted molar refractivity (Wildman–Crippen MR) is 151 cm³/mol. The molecule has 0 saturated carbocycles. The predicted octanol–water partition coefficient (Wildman–Crippen LogP) is 3.36. The molecule has 0 bridgehead atoms. The molecule has 220 valence electrons. The number of amides is 3. The minimum atomic E-state index is -0.508. The summed E-state index contributed by atoms with van der Waals surface area (Å²) < 4.78 is 22.3. The first-order chi connectivity index (χ1) is 19.2. The van der Waals surface area contributed by atoms with Gasteiger partial charge in [0.25, 0.3) is 0 Å². The van der Waals surface area contributed by atoms with Gasteiger partial charge in [-0.2, -0.15) is 5.26 Å². The molecule has 0 radical (unpaired) electrons. The molecule has 40 heavy (non-hydrogen) atoms. The van der Waals surface area contributed by atoms with Crippen molar-refractivity contribution < 1.29 is 33.3 Å². The molecule has 0 aliphatic heterocycles. The Morgan fingerprint density at radius 1 is 0.900 bits per heavy atom. The number of aromatic nitrogens is 1. The lowest BCUT2D eigenvalue weighted by Crippen LogP contribution is -2.33. The van der Waals surface area contributed by atoms with E-state index in [2.05, 4.69) is 20.9 Å². The largest absolute Gasteiger partial charge is 0.444 e. The molecule has 0 fully saturated rings. The Hall–Kier alpha value is -3.31. The van der Waals surface area contributed by atoms with E-state index < -0.39 is 11.7 Å². The lowest BCUT2D eigenvalue weighted by molar-refractivity contribution is -0.124. The molecule has 0 atom stereocenters. The average Bonchev–Trinajstić information content (AvgIpc) is 3.31. The number of carbonyl (C=O) groups excluding carboxylic acids is 3. The van der Waals surface area contributed by atoms with E-state index in [0.717, 1.165) is 4.70 Å². The van der Waals surface area contributed by atoms with Gasteiger partial charge in [0, 0.05) is 44.8 Å². The summed E-state index contributed by atoms with van der Waals surface area (Å²) in [6.45, 7) is 9.19. The summed E-state index contributed by atoms with van der Waals surface area (Å²) >= 11 is 1.26. The third kappa shape index (κ3) is 14.7. The van der Waals surface area contributed by atoms with Crippen LogP contribution in [0.5, 0.6) is 0 Å². The summed E-state index contributed by atoms with van der Waals surface area (Å²) in [7, 11) is 0. The van der Waals surface area contributed by atoms with Crippen molar-refractivity contribution >= 4 is 45.1 Å². The van der Waals surface area contributed by atoms with Crippen molar-refractivity contribution in [2.75, 3.05) is 58.0 Å². The SMILES string of the molecule is CC(C)(C)OC(=O)NCCCOCCOCCOCCCNC(=O)CCC(=O)Nc1ccc2nc(C#N)sc2c1. The first-order valence-electron chi connectivity index (χ1n) is 13.2. The molecular formula is C27H39N5O7S. The maximum atomic E-state index is 12.2. The maximum Gasteiger partial charge on any atom is 0.407 e. The fourth-order valence-electron chi connectivity index (χ4n) is 3.21. The summed E-state index contributed by atoms with van der Waals surface area (Å²) in [6.07, 6.45) is 1.06. The molecule has 3 N–H and O–H groups in total. The number of rotatable bonds is 18. The van der Waals surface area contributed by atoms with E-state index in [0.29, 0.717) is 81.8 Å². The number of anilines is 1. The fraction of sp³-hybridized carbons (Fsp3) is 0.593. The number of nitrogens with zero attached hydrogens (tertiary/aromatic N) is 2. The van der Waals surface area contributed by atoms with Gasteiger partial charge in [0.1, 0.15) is 11.7 Å².